The minimum absolute atomic E-state index is 0.102. The molecular formula is C7H4ClN3O. The number of fused-ring (bicyclic) bond motifs is 1. The predicted molar refractivity (Wildman–Crippen MR) is 44.0 cm³/mol. The van der Waals surface area contributed by atoms with Crippen LogP contribution >= 0.6 is 11.6 Å². The second kappa shape index (κ2) is 2.57. The molecule has 60 valence electrons. The highest BCUT2D eigenvalue weighted by molar-refractivity contribution is 6.31. The zero-order valence-electron chi connectivity index (χ0n) is 5.90. The van der Waals surface area contributed by atoms with E-state index in [4.69, 9.17) is 11.6 Å². The van der Waals surface area contributed by atoms with Crippen molar-refractivity contribution in [3.63, 3.8) is 0 Å². The molecule has 12 heavy (non-hydrogen) atoms. The maximum atomic E-state index is 9.25. The van der Waals surface area contributed by atoms with Gasteiger partial charge in [-0.25, -0.2) is 15.0 Å². The van der Waals surface area contributed by atoms with Gasteiger partial charge in [0.1, 0.15) is 6.33 Å². The number of rotatable bonds is 0. The lowest BCUT2D eigenvalue weighted by atomic mass is 10.3. The van der Waals surface area contributed by atoms with E-state index in [9.17, 15) is 5.11 Å². The van der Waals surface area contributed by atoms with Crippen molar-refractivity contribution in [2.45, 2.75) is 0 Å². The average Bonchev–Trinajstić information content (AvgIpc) is 2.07. The molecule has 0 fully saturated rings. The summed E-state index contributed by atoms with van der Waals surface area (Å²) in [6, 6.07) is 1.57. The van der Waals surface area contributed by atoms with Crippen molar-refractivity contribution >= 4 is 22.6 Å². The summed E-state index contributed by atoms with van der Waals surface area (Å²) >= 11 is 5.66. The highest BCUT2D eigenvalue weighted by atomic mass is 35.5. The minimum Gasteiger partial charge on any atom is -0.493 e. The van der Waals surface area contributed by atoms with Crippen molar-refractivity contribution in [3.05, 3.63) is 23.6 Å². The standard InChI is InChI=1S/C7H4ClN3O/c8-4-1-5-6(9-2-4)10-3-11-7(5)12/h1-3H,(H,9,10,11,12). The summed E-state index contributed by atoms with van der Waals surface area (Å²) in [4.78, 5) is 11.3. The minimum atomic E-state index is -0.102. The van der Waals surface area contributed by atoms with Crippen molar-refractivity contribution in [2.75, 3.05) is 0 Å². The lowest BCUT2D eigenvalue weighted by Gasteiger charge is -1.96. The van der Waals surface area contributed by atoms with Crippen molar-refractivity contribution in [3.8, 4) is 5.88 Å². The van der Waals surface area contributed by atoms with Crippen LogP contribution in [0.15, 0.2) is 18.6 Å². The van der Waals surface area contributed by atoms with Crippen LogP contribution in [0, 0.1) is 0 Å². The van der Waals surface area contributed by atoms with Gasteiger partial charge in [-0.2, -0.15) is 0 Å². The monoisotopic (exact) mass is 181 g/mol. The molecule has 0 saturated heterocycles. The number of aromatic nitrogens is 3. The molecule has 0 bridgehead atoms. The molecule has 2 aromatic heterocycles. The molecule has 2 heterocycles. The van der Waals surface area contributed by atoms with E-state index in [1.165, 1.54) is 12.5 Å². The van der Waals surface area contributed by atoms with Gasteiger partial charge in [0.25, 0.3) is 0 Å². The van der Waals surface area contributed by atoms with Crippen LogP contribution in [0.3, 0.4) is 0 Å². The third-order valence-electron chi connectivity index (χ3n) is 1.43. The maximum Gasteiger partial charge on any atom is 0.223 e. The molecule has 0 unspecified atom stereocenters. The van der Waals surface area contributed by atoms with Gasteiger partial charge < -0.3 is 5.11 Å². The van der Waals surface area contributed by atoms with Crippen LogP contribution in [0.25, 0.3) is 11.0 Å². The lowest BCUT2D eigenvalue weighted by molar-refractivity contribution is 0.459. The molecule has 0 radical (unpaired) electrons. The maximum absolute atomic E-state index is 9.25. The molecule has 2 aromatic rings. The first-order valence-electron chi connectivity index (χ1n) is 3.22. The highest BCUT2D eigenvalue weighted by Gasteiger charge is 2.02. The highest BCUT2D eigenvalue weighted by Crippen LogP contribution is 2.20. The topological polar surface area (TPSA) is 58.9 Å². The number of nitrogens with zero attached hydrogens (tertiary/aromatic N) is 3. The Labute approximate surface area is 72.9 Å². The van der Waals surface area contributed by atoms with E-state index in [0.29, 0.717) is 16.1 Å². The first-order chi connectivity index (χ1) is 5.77. The molecule has 5 heteroatoms. The summed E-state index contributed by atoms with van der Waals surface area (Å²) in [5, 5.41) is 10.2. The molecule has 0 aliphatic heterocycles. The summed E-state index contributed by atoms with van der Waals surface area (Å²) < 4.78 is 0. The van der Waals surface area contributed by atoms with E-state index in [2.05, 4.69) is 15.0 Å². The molecule has 0 aromatic carbocycles. The zero-order chi connectivity index (χ0) is 8.55. The Morgan fingerprint density at radius 3 is 2.92 bits per heavy atom. The van der Waals surface area contributed by atoms with E-state index in [-0.39, 0.29) is 5.88 Å². The smallest absolute Gasteiger partial charge is 0.223 e. The third kappa shape index (κ3) is 1.06. The SMILES string of the molecule is Oc1ncnc2ncc(Cl)cc12. The van der Waals surface area contributed by atoms with E-state index >= 15 is 0 Å². The molecule has 0 aliphatic rings. The Hall–Kier alpha value is -1.42. The molecule has 0 saturated carbocycles. The van der Waals surface area contributed by atoms with Crippen LogP contribution in [0.2, 0.25) is 5.02 Å². The van der Waals surface area contributed by atoms with E-state index < -0.39 is 0 Å². The van der Waals surface area contributed by atoms with Gasteiger partial charge in [0, 0.05) is 6.20 Å². The van der Waals surface area contributed by atoms with Crippen LogP contribution in [0.5, 0.6) is 5.88 Å². The van der Waals surface area contributed by atoms with Crippen LogP contribution < -0.4 is 0 Å². The molecule has 0 amide bonds. The van der Waals surface area contributed by atoms with E-state index in [0.717, 1.165) is 0 Å². The van der Waals surface area contributed by atoms with Crippen LogP contribution in [0.4, 0.5) is 0 Å². The number of halogens is 1. The Balaban J connectivity index is 2.88. The second-order valence-electron chi connectivity index (χ2n) is 2.22. The third-order valence-corrected chi connectivity index (χ3v) is 1.64. The molecule has 0 atom stereocenters. The van der Waals surface area contributed by atoms with Gasteiger partial charge >= 0.3 is 0 Å². The molecule has 0 spiro atoms. The fraction of sp³-hybridized carbons (Fsp3) is 0. The molecule has 4 nitrogen and oxygen atoms in total. The van der Waals surface area contributed by atoms with Gasteiger partial charge in [0.15, 0.2) is 5.65 Å². The average molecular weight is 182 g/mol. The zero-order valence-corrected chi connectivity index (χ0v) is 6.65. The Kier molecular flexibility index (Phi) is 1.55. The van der Waals surface area contributed by atoms with Crippen LogP contribution in [-0.2, 0) is 0 Å². The first kappa shape index (κ1) is 7.24. The van der Waals surface area contributed by atoms with Crippen molar-refractivity contribution in [2.24, 2.45) is 0 Å². The molecular weight excluding hydrogens is 178 g/mol. The second-order valence-corrected chi connectivity index (χ2v) is 2.66. The van der Waals surface area contributed by atoms with Crippen LogP contribution in [0.1, 0.15) is 0 Å². The summed E-state index contributed by atoms with van der Waals surface area (Å²) in [5.41, 5.74) is 0.437. The van der Waals surface area contributed by atoms with Crippen LogP contribution in [-0.4, -0.2) is 20.1 Å². The predicted octanol–water partition coefficient (Wildman–Crippen LogP) is 1.38. The summed E-state index contributed by atoms with van der Waals surface area (Å²) in [5.74, 6) is -0.102. The normalized spacial score (nSPS) is 10.4. The van der Waals surface area contributed by atoms with Gasteiger partial charge in [0.05, 0.1) is 10.4 Å². The van der Waals surface area contributed by atoms with Gasteiger partial charge in [-0.05, 0) is 6.07 Å². The lowest BCUT2D eigenvalue weighted by Crippen LogP contribution is -1.85. The molecule has 1 N–H and O–H groups in total. The number of aromatic hydroxyl groups is 1. The Morgan fingerprint density at radius 2 is 2.08 bits per heavy atom. The van der Waals surface area contributed by atoms with Crippen molar-refractivity contribution in [1.82, 2.24) is 15.0 Å². The summed E-state index contributed by atoms with van der Waals surface area (Å²) in [6.07, 6.45) is 2.72. The summed E-state index contributed by atoms with van der Waals surface area (Å²) in [7, 11) is 0. The quantitative estimate of drug-likeness (QED) is 0.667. The molecule has 0 aliphatic carbocycles. The van der Waals surface area contributed by atoms with Gasteiger partial charge in [-0.3, -0.25) is 0 Å². The van der Waals surface area contributed by atoms with E-state index in [1.54, 1.807) is 6.07 Å². The Morgan fingerprint density at radius 1 is 1.25 bits per heavy atom. The van der Waals surface area contributed by atoms with Gasteiger partial charge in [0.2, 0.25) is 5.88 Å². The number of hydrogen-bond donors (Lipinski definition) is 1. The summed E-state index contributed by atoms with van der Waals surface area (Å²) in [6.45, 7) is 0. The fourth-order valence-corrected chi connectivity index (χ4v) is 1.07. The van der Waals surface area contributed by atoms with Gasteiger partial charge in [-0.1, -0.05) is 11.6 Å². The molecule has 2 rings (SSSR count). The largest absolute Gasteiger partial charge is 0.493 e. The number of hydrogen-bond acceptors (Lipinski definition) is 4. The Bertz CT molecular complexity index is 432. The first-order valence-corrected chi connectivity index (χ1v) is 3.60. The fourth-order valence-electron chi connectivity index (χ4n) is 0.907. The van der Waals surface area contributed by atoms with Gasteiger partial charge in [-0.15, -0.1) is 0 Å². The van der Waals surface area contributed by atoms with Crippen molar-refractivity contribution in [1.29, 1.82) is 0 Å². The van der Waals surface area contributed by atoms with Crippen molar-refractivity contribution < 1.29 is 5.11 Å². The van der Waals surface area contributed by atoms with E-state index in [1.807, 2.05) is 0 Å². The number of pyridine rings is 1.